The zero-order valence-electron chi connectivity index (χ0n) is 9.14. The number of aromatic hydroxyl groups is 1. The summed E-state index contributed by atoms with van der Waals surface area (Å²) in [6, 6.07) is 4.96. The molecule has 0 aliphatic rings. The highest BCUT2D eigenvalue weighted by atomic mass is 16.3. The van der Waals surface area contributed by atoms with E-state index in [4.69, 9.17) is 0 Å². The smallest absolute Gasteiger partial charge is 0.199 e. The van der Waals surface area contributed by atoms with E-state index in [9.17, 15) is 9.90 Å². The van der Waals surface area contributed by atoms with Gasteiger partial charge in [-0.3, -0.25) is 9.48 Å². The predicted octanol–water partition coefficient (Wildman–Crippen LogP) is 1.67. The highest BCUT2D eigenvalue weighted by Crippen LogP contribution is 2.21. The largest absolute Gasteiger partial charge is 0.507 e. The Morgan fingerprint density at radius 3 is 2.81 bits per heavy atom. The lowest BCUT2D eigenvalue weighted by Crippen LogP contribution is -2.00. The Labute approximate surface area is 93.1 Å². The molecule has 0 aliphatic carbocycles. The van der Waals surface area contributed by atoms with Crippen LogP contribution in [0.3, 0.4) is 0 Å². The van der Waals surface area contributed by atoms with Crippen LogP contribution in [-0.4, -0.2) is 20.7 Å². The molecule has 0 atom stereocenters. The maximum Gasteiger partial charge on any atom is 0.199 e. The number of ketones is 1. The van der Waals surface area contributed by atoms with Gasteiger partial charge in [-0.1, -0.05) is 11.6 Å². The van der Waals surface area contributed by atoms with E-state index in [2.05, 4.69) is 5.10 Å². The number of aryl methyl sites for hydroxylation is 2. The molecule has 0 fully saturated rings. The molecular formula is C12H12N2O2. The fraction of sp³-hybridized carbons (Fsp3) is 0.167. The van der Waals surface area contributed by atoms with Crippen molar-refractivity contribution in [1.82, 2.24) is 9.78 Å². The van der Waals surface area contributed by atoms with Crippen LogP contribution in [0.4, 0.5) is 0 Å². The van der Waals surface area contributed by atoms with Crippen LogP contribution in [-0.2, 0) is 7.05 Å². The van der Waals surface area contributed by atoms with E-state index < -0.39 is 0 Å². The Bertz CT molecular complexity index is 544. The van der Waals surface area contributed by atoms with Gasteiger partial charge in [-0.25, -0.2) is 0 Å². The monoisotopic (exact) mass is 216 g/mol. The molecular weight excluding hydrogens is 204 g/mol. The predicted molar refractivity (Wildman–Crippen MR) is 59.5 cm³/mol. The maximum absolute atomic E-state index is 12.0. The summed E-state index contributed by atoms with van der Waals surface area (Å²) in [7, 11) is 1.74. The topological polar surface area (TPSA) is 55.1 Å². The second-order valence-corrected chi connectivity index (χ2v) is 3.75. The maximum atomic E-state index is 12.0. The van der Waals surface area contributed by atoms with Crippen molar-refractivity contribution in [3.8, 4) is 5.75 Å². The molecule has 16 heavy (non-hydrogen) atoms. The molecule has 1 aromatic heterocycles. The van der Waals surface area contributed by atoms with Crippen molar-refractivity contribution in [3.05, 3.63) is 47.3 Å². The quantitative estimate of drug-likeness (QED) is 0.777. The zero-order chi connectivity index (χ0) is 11.7. The first-order valence-corrected chi connectivity index (χ1v) is 4.91. The zero-order valence-corrected chi connectivity index (χ0v) is 9.14. The third-order valence-corrected chi connectivity index (χ3v) is 2.36. The van der Waals surface area contributed by atoms with Gasteiger partial charge in [-0.2, -0.15) is 5.10 Å². The first-order valence-electron chi connectivity index (χ1n) is 4.91. The third kappa shape index (κ3) is 1.82. The number of carbonyl (C=O) groups is 1. The third-order valence-electron chi connectivity index (χ3n) is 2.36. The van der Waals surface area contributed by atoms with Gasteiger partial charge in [0.15, 0.2) is 5.78 Å². The van der Waals surface area contributed by atoms with Crippen molar-refractivity contribution in [3.63, 3.8) is 0 Å². The highest BCUT2D eigenvalue weighted by Gasteiger charge is 2.14. The second-order valence-electron chi connectivity index (χ2n) is 3.75. The minimum atomic E-state index is -0.214. The molecule has 1 heterocycles. The molecule has 4 heteroatoms. The molecule has 0 bridgehead atoms. The summed E-state index contributed by atoms with van der Waals surface area (Å²) in [5.41, 5.74) is 1.72. The summed E-state index contributed by atoms with van der Waals surface area (Å²) in [6.45, 7) is 1.87. The summed E-state index contributed by atoms with van der Waals surface area (Å²) in [5, 5.41) is 13.6. The summed E-state index contributed by atoms with van der Waals surface area (Å²) in [4.78, 5) is 12.0. The van der Waals surface area contributed by atoms with Gasteiger partial charge in [0, 0.05) is 13.2 Å². The first kappa shape index (κ1) is 10.4. The second kappa shape index (κ2) is 3.81. The molecule has 0 aliphatic heterocycles. The molecule has 0 amide bonds. The van der Waals surface area contributed by atoms with Crippen molar-refractivity contribution < 1.29 is 9.90 Å². The number of nitrogens with zero attached hydrogens (tertiary/aromatic N) is 2. The van der Waals surface area contributed by atoms with Crippen molar-refractivity contribution in [1.29, 1.82) is 0 Å². The molecule has 0 saturated heterocycles. The normalized spacial score (nSPS) is 10.4. The number of phenols is 1. The fourth-order valence-electron chi connectivity index (χ4n) is 1.53. The SMILES string of the molecule is Cc1ccc(O)c(C(=O)c2cnn(C)c2)c1. The Balaban J connectivity index is 2.45. The molecule has 0 unspecified atom stereocenters. The van der Waals surface area contributed by atoms with Gasteiger partial charge in [-0.15, -0.1) is 0 Å². The molecule has 2 aromatic rings. The van der Waals surface area contributed by atoms with Gasteiger partial charge in [0.05, 0.1) is 17.3 Å². The lowest BCUT2D eigenvalue weighted by atomic mass is 10.0. The minimum Gasteiger partial charge on any atom is -0.507 e. The van der Waals surface area contributed by atoms with Crippen molar-refractivity contribution in [2.45, 2.75) is 6.92 Å². The Morgan fingerprint density at radius 1 is 1.44 bits per heavy atom. The number of benzene rings is 1. The number of hydrogen-bond acceptors (Lipinski definition) is 3. The van der Waals surface area contributed by atoms with Crippen LogP contribution < -0.4 is 0 Å². The van der Waals surface area contributed by atoms with Crippen LogP contribution in [0.15, 0.2) is 30.6 Å². The fourth-order valence-corrected chi connectivity index (χ4v) is 1.53. The Kier molecular flexibility index (Phi) is 2.48. The van der Waals surface area contributed by atoms with Gasteiger partial charge in [-0.05, 0) is 19.1 Å². The molecule has 1 aromatic carbocycles. The van der Waals surface area contributed by atoms with E-state index in [1.807, 2.05) is 6.92 Å². The summed E-state index contributed by atoms with van der Waals surface area (Å²) >= 11 is 0. The van der Waals surface area contributed by atoms with Gasteiger partial charge in [0.25, 0.3) is 0 Å². The average Bonchev–Trinajstić information content (AvgIpc) is 2.67. The molecule has 0 saturated carbocycles. The molecule has 1 N–H and O–H groups in total. The number of rotatable bonds is 2. The standard InChI is InChI=1S/C12H12N2O2/c1-8-3-4-11(15)10(5-8)12(16)9-6-13-14(2)7-9/h3-7,15H,1-2H3. The summed E-state index contributed by atoms with van der Waals surface area (Å²) < 4.78 is 1.56. The van der Waals surface area contributed by atoms with Crippen molar-refractivity contribution in [2.75, 3.05) is 0 Å². The van der Waals surface area contributed by atoms with Gasteiger partial charge in [0.2, 0.25) is 0 Å². The lowest BCUT2D eigenvalue weighted by molar-refractivity contribution is 0.103. The van der Waals surface area contributed by atoms with E-state index in [0.717, 1.165) is 5.56 Å². The summed E-state index contributed by atoms with van der Waals surface area (Å²) in [6.07, 6.45) is 3.12. The minimum absolute atomic E-state index is 0.000506. The van der Waals surface area contributed by atoms with Crippen LogP contribution in [0, 0.1) is 6.92 Å². The molecule has 0 spiro atoms. The van der Waals surface area contributed by atoms with Gasteiger partial charge >= 0.3 is 0 Å². The Morgan fingerprint density at radius 2 is 2.19 bits per heavy atom. The lowest BCUT2D eigenvalue weighted by Gasteiger charge is -2.02. The Hall–Kier alpha value is -2.10. The average molecular weight is 216 g/mol. The number of hydrogen-bond donors (Lipinski definition) is 1. The number of carbonyl (C=O) groups excluding carboxylic acids is 1. The molecule has 4 nitrogen and oxygen atoms in total. The van der Waals surface area contributed by atoms with Gasteiger partial charge < -0.3 is 5.11 Å². The van der Waals surface area contributed by atoms with E-state index in [1.54, 1.807) is 30.1 Å². The van der Waals surface area contributed by atoms with E-state index in [1.165, 1.54) is 12.3 Å². The first-order chi connectivity index (χ1) is 7.58. The molecule has 82 valence electrons. The van der Waals surface area contributed by atoms with Crippen molar-refractivity contribution in [2.24, 2.45) is 7.05 Å². The van der Waals surface area contributed by atoms with Crippen molar-refractivity contribution >= 4 is 5.78 Å². The van der Waals surface area contributed by atoms with E-state index >= 15 is 0 Å². The highest BCUT2D eigenvalue weighted by molar-refractivity contribution is 6.10. The van der Waals surface area contributed by atoms with Crippen LogP contribution in [0.2, 0.25) is 0 Å². The van der Waals surface area contributed by atoms with E-state index in [-0.39, 0.29) is 11.5 Å². The summed E-state index contributed by atoms with van der Waals surface area (Å²) in [5.74, 6) is -0.214. The van der Waals surface area contributed by atoms with Crippen LogP contribution in [0.5, 0.6) is 5.75 Å². The molecule has 2 rings (SSSR count). The van der Waals surface area contributed by atoms with Crippen LogP contribution in [0.25, 0.3) is 0 Å². The molecule has 0 radical (unpaired) electrons. The number of phenolic OH excluding ortho intramolecular Hbond substituents is 1. The van der Waals surface area contributed by atoms with Gasteiger partial charge in [0.1, 0.15) is 5.75 Å². The number of aromatic nitrogens is 2. The van der Waals surface area contributed by atoms with Crippen LogP contribution >= 0.6 is 0 Å². The van der Waals surface area contributed by atoms with Crippen LogP contribution in [0.1, 0.15) is 21.5 Å². The van der Waals surface area contributed by atoms with E-state index in [0.29, 0.717) is 11.1 Å².